The molecule has 1 rings (SSSR count). The topological polar surface area (TPSA) is 109 Å². The lowest BCUT2D eigenvalue weighted by Crippen LogP contribution is -2.31. The first kappa shape index (κ1) is 14.7. The number of furan rings is 1. The van der Waals surface area contributed by atoms with Crippen LogP contribution in [0.5, 0.6) is 0 Å². The molecule has 0 unspecified atom stereocenters. The van der Waals surface area contributed by atoms with E-state index in [-0.39, 0.29) is 37.0 Å². The lowest BCUT2D eigenvalue weighted by Gasteiger charge is -2.05. The second-order valence-corrected chi connectivity index (χ2v) is 3.83. The van der Waals surface area contributed by atoms with Gasteiger partial charge in [-0.05, 0) is 18.6 Å². The molecule has 104 valence electrons. The van der Waals surface area contributed by atoms with Gasteiger partial charge in [0.1, 0.15) is 0 Å². The van der Waals surface area contributed by atoms with Crippen LogP contribution in [0.2, 0.25) is 0 Å². The van der Waals surface area contributed by atoms with Crippen molar-refractivity contribution < 1.29 is 23.9 Å². The molecule has 0 saturated heterocycles. The van der Waals surface area contributed by atoms with Gasteiger partial charge in [-0.15, -0.1) is 0 Å². The predicted molar refractivity (Wildman–Crippen MR) is 65.5 cm³/mol. The van der Waals surface area contributed by atoms with E-state index in [4.69, 9.17) is 9.52 Å². The Bertz CT molecular complexity index is 427. The highest BCUT2D eigenvalue weighted by Gasteiger charge is 2.08. The molecule has 7 nitrogen and oxygen atoms in total. The number of carboxylic acids is 1. The first-order valence-electron chi connectivity index (χ1n) is 5.90. The number of hydrogen-bond acceptors (Lipinski definition) is 4. The first-order chi connectivity index (χ1) is 9.09. The molecular formula is C12H16N2O5. The second kappa shape index (κ2) is 7.91. The smallest absolute Gasteiger partial charge is 0.303 e. The maximum Gasteiger partial charge on any atom is 0.303 e. The van der Waals surface area contributed by atoms with Crippen LogP contribution in [-0.4, -0.2) is 36.0 Å². The number of carbonyl (C=O) groups excluding carboxylic acids is 2. The molecule has 7 heteroatoms. The van der Waals surface area contributed by atoms with Gasteiger partial charge in [-0.2, -0.15) is 0 Å². The molecule has 0 saturated carbocycles. The average Bonchev–Trinajstić information content (AvgIpc) is 2.88. The van der Waals surface area contributed by atoms with E-state index in [1.54, 1.807) is 6.07 Å². The highest BCUT2D eigenvalue weighted by molar-refractivity contribution is 5.91. The van der Waals surface area contributed by atoms with Crippen molar-refractivity contribution in [2.75, 3.05) is 13.1 Å². The number of hydrogen-bond donors (Lipinski definition) is 3. The van der Waals surface area contributed by atoms with Crippen LogP contribution in [-0.2, 0) is 9.59 Å². The molecule has 1 aromatic rings. The van der Waals surface area contributed by atoms with E-state index in [2.05, 4.69) is 10.6 Å². The van der Waals surface area contributed by atoms with Gasteiger partial charge in [0, 0.05) is 25.9 Å². The minimum atomic E-state index is -0.889. The summed E-state index contributed by atoms with van der Waals surface area (Å²) in [7, 11) is 0. The predicted octanol–water partition coefficient (Wildman–Crippen LogP) is 0.381. The van der Waals surface area contributed by atoms with E-state index < -0.39 is 5.97 Å². The van der Waals surface area contributed by atoms with Crippen LogP contribution in [0.15, 0.2) is 22.8 Å². The Hall–Kier alpha value is -2.31. The third-order valence-corrected chi connectivity index (χ3v) is 2.27. The van der Waals surface area contributed by atoms with Crippen LogP contribution in [0, 0.1) is 0 Å². The molecule has 0 atom stereocenters. The van der Waals surface area contributed by atoms with Crippen molar-refractivity contribution >= 4 is 17.8 Å². The number of carbonyl (C=O) groups is 3. The van der Waals surface area contributed by atoms with Gasteiger partial charge in [0.2, 0.25) is 5.91 Å². The van der Waals surface area contributed by atoms with E-state index in [1.807, 2.05) is 0 Å². The van der Waals surface area contributed by atoms with Gasteiger partial charge >= 0.3 is 5.97 Å². The van der Waals surface area contributed by atoms with Crippen molar-refractivity contribution in [3.8, 4) is 0 Å². The fraction of sp³-hybridized carbons (Fsp3) is 0.417. The Labute approximate surface area is 110 Å². The molecule has 0 fully saturated rings. The van der Waals surface area contributed by atoms with E-state index >= 15 is 0 Å². The molecule has 0 aliphatic carbocycles. The average molecular weight is 268 g/mol. The summed E-state index contributed by atoms with van der Waals surface area (Å²) in [6, 6.07) is 3.13. The maximum atomic E-state index is 11.4. The highest BCUT2D eigenvalue weighted by Crippen LogP contribution is 1.98. The van der Waals surface area contributed by atoms with E-state index in [0.717, 1.165) is 0 Å². The summed E-state index contributed by atoms with van der Waals surface area (Å²) in [5.41, 5.74) is 0. The zero-order valence-corrected chi connectivity index (χ0v) is 10.3. The summed E-state index contributed by atoms with van der Waals surface area (Å²) in [4.78, 5) is 33.0. The van der Waals surface area contributed by atoms with Gasteiger partial charge < -0.3 is 20.2 Å². The molecule has 1 aromatic heterocycles. The Morgan fingerprint density at radius 1 is 1.16 bits per heavy atom. The summed E-state index contributed by atoms with van der Waals surface area (Å²) in [5.74, 6) is -1.30. The molecule has 0 radical (unpaired) electrons. The van der Waals surface area contributed by atoms with E-state index in [1.165, 1.54) is 12.3 Å². The molecule has 3 N–H and O–H groups in total. The lowest BCUT2D eigenvalue weighted by atomic mass is 10.3. The molecule has 0 aliphatic rings. The number of carboxylic acid groups (broad SMARTS) is 1. The van der Waals surface area contributed by atoms with Crippen molar-refractivity contribution in [2.24, 2.45) is 0 Å². The van der Waals surface area contributed by atoms with Crippen LogP contribution in [0.4, 0.5) is 0 Å². The lowest BCUT2D eigenvalue weighted by molar-refractivity contribution is -0.137. The largest absolute Gasteiger partial charge is 0.481 e. The number of aliphatic carboxylic acids is 1. The Balaban J connectivity index is 2.07. The van der Waals surface area contributed by atoms with Gasteiger partial charge in [0.05, 0.1) is 6.26 Å². The highest BCUT2D eigenvalue weighted by atomic mass is 16.4. The van der Waals surface area contributed by atoms with E-state index in [9.17, 15) is 14.4 Å². The third-order valence-electron chi connectivity index (χ3n) is 2.27. The molecule has 0 aliphatic heterocycles. The minimum Gasteiger partial charge on any atom is -0.481 e. The molecule has 0 bridgehead atoms. The second-order valence-electron chi connectivity index (χ2n) is 3.83. The fourth-order valence-electron chi connectivity index (χ4n) is 1.34. The Morgan fingerprint density at radius 2 is 1.95 bits per heavy atom. The van der Waals surface area contributed by atoms with Gasteiger partial charge in [0.25, 0.3) is 5.91 Å². The summed E-state index contributed by atoms with van der Waals surface area (Å²) >= 11 is 0. The van der Waals surface area contributed by atoms with Crippen LogP contribution in [0.3, 0.4) is 0 Å². The Morgan fingerprint density at radius 3 is 2.58 bits per heavy atom. The maximum absolute atomic E-state index is 11.4. The summed E-state index contributed by atoms with van der Waals surface area (Å²) in [6.45, 7) is 0.515. The van der Waals surface area contributed by atoms with Gasteiger partial charge in [0.15, 0.2) is 5.76 Å². The number of nitrogens with one attached hydrogen (secondary N) is 2. The van der Waals surface area contributed by atoms with Crippen LogP contribution < -0.4 is 10.6 Å². The molecule has 19 heavy (non-hydrogen) atoms. The SMILES string of the molecule is O=C(O)CCCNC(=O)CCNC(=O)c1ccco1. The molecule has 0 spiro atoms. The monoisotopic (exact) mass is 268 g/mol. The Kier molecular flexibility index (Phi) is 6.14. The van der Waals surface area contributed by atoms with Crippen molar-refractivity contribution in [3.05, 3.63) is 24.2 Å². The summed E-state index contributed by atoms with van der Waals surface area (Å²) < 4.78 is 4.89. The summed E-state index contributed by atoms with van der Waals surface area (Å²) in [6.07, 6.45) is 1.94. The molecule has 1 heterocycles. The van der Waals surface area contributed by atoms with Gasteiger partial charge in [-0.1, -0.05) is 0 Å². The zero-order chi connectivity index (χ0) is 14.1. The van der Waals surface area contributed by atoms with Gasteiger partial charge in [-0.25, -0.2) is 0 Å². The molecular weight excluding hydrogens is 252 g/mol. The number of rotatable bonds is 8. The summed E-state index contributed by atoms with van der Waals surface area (Å²) in [5, 5.41) is 13.5. The zero-order valence-electron chi connectivity index (χ0n) is 10.3. The van der Waals surface area contributed by atoms with Crippen LogP contribution in [0.1, 0.15) is 29.8 Å². The van der Waals surface area contributed by atoms with Crippen LogP contribution >= 0.6 is 0 Å². The van der Waals surface area contributed by atoms with Crippen molar-refractivity contribution in [2.45, 2.75) is 19.3 Å². The minimum absolute atomic E-state index is 0.0233. The van der Waals surface area contributed by atoms with Gasteiger partial charge in [-0.3, -0.25) is 14.4 Å². The van der Waals surface area contributed by atoms with Crippen molar-refractivity contribution in [3.63, 3.8) is 0 Å². The molecule has 2 amide bonds. The standard InChI is InChI=1S/C12H16N2O5/c15-10(13-6-1-4-11(16)17)5-7-14-12(18)9-3-2-8-19-9/h2-3,8H,1,4-7H2,(H,13,15)(H,14,18)(H,16,17). The van der Waals surface area contributed by atoms with Crippen molar-refractivity contribution in [1.29, 1.82) is 0 Å². The van der Waals surface area contributed by atoms with E-state index in [0.29, 0.717) is 13.0 Å². The van der Waals surface area contributed by atoms with Crippen LogP contribution in [0.25, 0.3) is 0 Å². The number of amides is 2. The fourth-order valence-corrected chi connectivity index (χ4v) is 1.34. The molecule has 0 aromatic carbocycles. The quantitative estimate of drug-likeness (QED) is 0.591. The van der Waals surface area contributed by atoms with Crippen molar-refractivity contribution in [1.82, 2.24) is 10.6 Å². The third kappa shape index (κ3) is 6.25. The first-order valence-corrected chi connectivity index (χ1v) is 5.90. The normalized spacial score (nSPS) is 9.89.